The second-order valence-electron chi connectivity index (χ2n) is 5.86. The van der Waals surface area contributed by atoms with Crippen molar-refractivity contribution in [3.63, 3.8) is 0 Å². The number of nitrogens with zero attached hydrogens (tertiary/aromatic N) is 2. The van der Waals surface area contributed by atoms with Crippen LogP contribution in [0.5, 0.6) is 5.75 Å². The van der Waals surface area contributed by atoms with E-state index in [1.165, 1.54) is 19.9 Å². The first-order chi connectivity index (χ1) is 12.3. The molecular weight excluding hydrogens is 357 g/mol. The van der Waals surface area contributed by atoms with E-state index in [1.807, 2.05) is 6.92 Å². The zero-order valence-corrected chi connectivity index (χ0v) is 15.7. The largest absolute Gasteiger partial charge is 0.490 e. The summed E-state index contributed by atoms with van der Waals surface area (Å²) in [5.74, 6) is 0.0626. The highest BCUT2D eigenvalue weighted by Gasteiger charge is 2.12. The molecule has 7 heteroatoms. The molecule has 0 saturated carbocycles. The van der Waals surface area contributed by atoms with Crippen LogP contribution in [0.3, 0.4) is 0 Å². The van der Waals surface area contributed by atoms with Gasteiger partial charge in [-0.25, -0.2) is 9.07 Å². The molecule has 2 rings (SSSR count). The smallest absolute Gasteiger partial charge is 0.217 e. The Labute approximate surface area is 156 Å². The van der Waals surface area contributed by atoms with Gasteiger partial charge in [0.1, 0.15) is 12.4 Å². The summed E-state index contributed by atoms with van der Waals surface area (Å²) in [6.45, 7) is 8.69. The summed E-state index contributed by atoms with van der Waals surface area (Å²) in [5.41, 5.74) is 1.36. The zero-order chi connectivity index (χ0) is 19.3. The zero-order valence-electron chi connectivity index (χ0n) is 14.9. The van der Waals surface area contributed by atoms with Crippen molar-refractivity contribution in [1.82, 2.24) is 15.1 Å². The van der Waals surface area contributed by atoms with Crippen LogP contribution in [0.4, 0.5) is 4.39 Å². The van der Waals surface area contributed by atoms with Crippen LogP contribution in [0.15, 0.2) is 49.0 Å². The Balaban J connectivity index is 2.30. The highest BCUT2D eigenvalue weighted by atomic mass is 35.5. The third-order valence-electron chi connectivity index (χ3n) is 3.50. The number of carbonyl (C=O) groups excluding carboxylic acids is 1. The number of amides is 1. The third-order valence-corrected chi connectivity index (χ3v) is 3.79. The fraction of sp³-hybridized carbons (Fsp3) is 0.263. The van der Waals surface area contributed by atoms with Gasteiger partial charge in [-0.3, -0.25) is 4.79 Å². The molecule has 26 heavy (non-hydrogen) atoms. The van der Waals surface area contributed by atoms with E-state index in [2.05, 4.69) is 17.0 Å². The minimum absolute atomic E-state index is 0.120. The van der Waals surface area contributed by atoms with Gasteiger partial charge in [0.15, 0.2) is 0 Å². The van der Waals surface area contributed by atoms with E-state index < -0.39 is 0 Å². The highest BCUT2D eigenvalue weighted by Crippen LogP contribution is 2.31. The van der Waals surface area contributed by atoms with Crippen LogP contribution >= 0.6 is 11.6 Å². The Morgan fingerprint density at radius 2 is 2.19 bits per heavy atom. The molecule has 5 nitrogen and oxygen atoms in total. The number of fused-ring (bicyclic) bond motifs is 1. The van der Waals surface area contributed by atoms with E-state index in [4.69, 9.17) is 16.3 Å². The highest BCUT2D eigenvalue weighted by molar-refractivity contribution is 6.32. The second kappa shape index (κ2) is 8.67. The summed E-state index contributed by atoms with van der Waals surface area (Å²) in [6.07, 6.45) is 6.17. The lowest BCUT2D eigenvalue weighted by atomic mass is 10.2. The first-order valence-corrected chi connectivity index (χ1v) is 8.43. The molecule has 1 aromatic heterocycles. The quantitative estimate of drug-likeness (QED) is 0.723. The van der Waals surface area contributed by atoms with Gasteiger partial charge in [0.05, 0.1) is 34.3 Å². The normalized spacial score (nSPS) is 13.6. The number of hydrogen-bond acceptors (Lipinski definition) is 3. The van der Waals surface area contributed by atoms with E-state index in [0.29, 0.717) is 16.5 Å². The van der Waals surface area contributed by atoms with E-state index in [1.54, 1.807) is 35.2 Å². The summed E-state index contributed by atoms with van der Waals surface area (Å²) in [5, 5.41) is 8.28. The van der Waals surface area contributed by atoms with Crippen LogP contribution in [-0.4, -0.2) is 28.3 Å². The predicted molar refractivity (Wildman–Crippen MR) is 103 cm³/mol. The molecule has 0 aliphatic rings. The van der Waals surface area contributed by atoms with Crippen LogP contribution < -0.4 is 10.1 Å². The number of hydrogen-bond donors (Lipinski definition) is 1. The van der Waals surface area contributed by atoms with Gasteiger partial charge in [-0.05, 0) is 44.2 Å². The van der Waals surface area contributed by atoms with Gasteiger partial charge in [0, 0.05) is 12.3 Å². The maximum atomic E-state index is 13.0. The molecule has 1 atom stereocenters. The van der Waals surface area contributed by atoms with Crippen molar-refractivity contribution in [2.24, 2.45) is 0 Å². The molecule has 0 aliphatic carbocycles. The van der Waals surface area contributed by atoms with E-state index in [-0.39, 0.29) is 24.4 Å². The maximum absolute atomic E-state index is 13.0. The summed E-state index contributed by atoms with van der Waals surface area (Å²) in [4.78, 5) is 11.1. The lowest BCUT2D eigenvalue weighted by Crippen LogP contribution is -2.35. The third kappa shape index (κ3) is 4.95. The first-order valence-electron chi connectivity index (χ1n) is 8.06. The van der Waals surface area contributed by atoms with Gasteiger partial charge < -0.3 is 10.1 Å². The predicted octanol–water partition coefficient (Wildman–Crippen LogP) is 4.49. The summed E-state index contributed by atoms with van der Waals surface area (Å²) < 4.78 is 20.3. The van der Waals surface area contributed by atoms with Gasteiger partial charge in [0.2, 0.25) is 5.91 Å². The number of nitrogens with one attached hydrogen (secondary N) is 1. The number of rotatable bonds is 7. The lowest BCUT2D eigenvalue weighted by molar-refractivity contribution is -0.119. The number of aromatic nitrogens is 2. The first kappa shape index (κ1) is 19.7. The number of halogens is 2. The minimum atomic E-state index is -0.317. The van der Waals surface area contributed by atoms with Gasteiger partial charge in [-0.15, -0.1) is 0 Å². The van der Waals surface area contributed by atoms with Crippen LogP contribution in [0.1, 0.15) is 20.8 Å². The Bertz CT molecular complexity index is 882. The minimum Gasteiger partial charge on any atom is -0.490 e. The number of allylic oxidation sites excluding steroid dienone is 5. The monoisotopic (exact) mass is 377 g/mol. The Kier molecular flexibility index (Phi) is 6.58. The van der Waals surface area contributed by atoms with E-state index >= 15 is 0 Å². The van der Waals surface area contributed by atoms with Crippen molar-refractivity contribution in [2.45, 2.75) is 26.8 Å². The molecule has 0 fully saturated rings. The van der Waals surface area contributed by atoms with Gasteiger partial charge in [0.25, 0.3) is 0 Å². The van der Waals surface area contributed by atoms with Gasteiger partial charge in [-0.2, -0.15) is 5.10 Å². The van der Waals surface area contributed by atoms with Crippen molar-refractivity contribution in [3.8, 4) is 5.75 Å². The second-order valence-corrected chi connectivity index (χ2v) is 6.27. The molecule has 1 amide bonds. The van der Waals surface area contributed by atoms with Gasteiger partial charge in [-0.1, -0.05) is 18.2 Å². The Morgan fingerprint density at radius 3 is 2.81 bits per heavy atom. The standard InChI is InChI=1S/C19H21ClFN3O2/c1-5-16(7-6-12(2)21)24-18-9-17(20)19(8-15(18)10-22-24)26-11-13(3)23-14(4)25/h5-10,13H,1,11H2,2-4H3,(H,23,25)/b12-6+,16-7+. The molecular formula is C19H21ClFN3O2. The van der Waals surface area contributed by atoms with Crippen molar-refractivity contribution < 1.29 is 13.9 Å². The molecule has 0 saturated heterocycles. The molecule has 0 bridgehead atoms. The number of carbonyl (C=O) groups is 1. The fourth-order valence-corrected chi connectivity index (χ4v) is 2.59. The average molecular weight is 378 g/mol. The summed E-state index contributed by atoms with van der Waals surface area (Å²) in [7, 11) is 0. The topological polar surface area (TPSA) is 56.1 Å². The van der Waals surface area contributed by atoms with Gasteiger partial charge >= 0.3 is 0 Å². The molecule has 1 N–H and O–H groups in total. The van der Waals surface area contributed by atoms with E-state index in [0.717, 1.165) is 10.9 Å². The van der Waals surface area contributed by atoms with Crippen molar-refractivity contribution in [1.29, 1.82) is 0 Å². The van der Waals surface area contributed by atoms with E-state index in [9.17, 15) is 9.18 Å². The molecule has 1 heterocycles. The SMILES string of the molecule is C=C/C(=C\C=C(/C)F)n1ncc2cc(OCC(C)NC(C)=O)c(Cl)cc21. The molecule has 0 radical (unpaired) electrons. The number of ether oxygens (including phenoxy) is 1. The molecule has 1 unspecified atom stereocenters. The molecule has 0 spiro atoms. The molecule has 2 aromatic rings. The Hall–Kier alpha value is -2.60. The Morgan fingerprint density at radius 1 is 1.46 bits per heavy atom. The average Bonchev–Trinajstić information content (AvgIpc) is 2.95. The van der Waals surface area contributed by atoms with Crippen LogP contribution in [0.2, 0.25) is 5.02 Å². The summed E-state index contributed by atoms with van der Waals surface area (Å²) >= 11 is 6.33. The van der Waals surface area contributed by atoms with Crippen molar-refractivity contribution in [3.05, 3.63) is 54.0 Å². The maximum Gasteiger partial charge on any atom is 0.217 e. The van der Waals surface area contributed by atoms with Crippen LogP contribution in [-0.2, 0) is 4.79 Å². The number of benzene rings is 1. The molecule has 138 valence electrons. The van der Waals surface area contributed by atoms with Crippen molar-refractivity contribution >= 4 is 34.1 Å². The molecule has 1 aromatic carbocycles. The lowest BCUT2D eigenvalue weighted by Gasteiger charge is -2.15. The van der Waals surface area contributed by atoms with Crippen LogP contribution in [0.25, 0.3) is 16.6 Å². The van der Waals surface area contributed by atoms with Crippen molar-refractivity contribution in [2.75, 3.05) is 6.61 Å². The fourth-order valence-electron chi connectivity index (χ4n) is 2.37. The van der Waals surface area contributed by atoms with Crippen LogP contribution in [0, 0.1) is 0 Å². The molecule has 0 aliphatic heterocycles. The summed E-state index contributed by atoms with van der Waals surface area (Å²) in [6, 6.07) is 3.36.